The van der Waals surface area contributed by atoms with Gasteiger partial charge in [-0.3, -0.25) is 4.79 Å². The fraction of sp³-hybridized carbons (Fsp3) is 0.267. The molecular weight excluding hydrogens is 248 g/mol. The molecule has 92 valence electrons. The van der Waals surface area contributed by atoms with Crippen LogP contribution in [0.1, 0.15) is 5.56 Å². The summed E-state index contributed by atoms with van der Waals surface area (Å²) in [6, 6.07) is 7.51. The van der Waals surface area contributed by atoms with E-state index in [4.69, 9.17) is 16.3 Å². The van der Waals surface area contributed by atoms with E-state index in [2.05, 4.69) is 12.2 Å². The van der Waals surface area contributed by atoms with Crippen molar-refractivity contribution >= 4 is 17.6 Å². The van der Waals surface area contributed by atoms with Crippen molar-refractivity contribution in [3.63, 3.8) is 0 Å². The Kier molecular flexibility index (Phi) is 2.56. The lowest BCUT2D eigenvalue weighted by Gasteiger charge is -2.16. The summed E-state index contributed by atoms with van der Waals surface area (Å²) in [5.41, 5.74) is 0.237. The second-order valence-electron chi connectivity index (χ2n) is 4.66. The van der Waals surface area contributed by atoms with E-state index in [-0.39, 0.29) is 17.8 Å². The maximum atomic E-state index is 12.3. The van der Waals surface area contributed by atoms with Gasteiger partial charge < -0.3 is 4.74 Å². The van der Waals surface area contributed by atoms with Crippen molar-refractivity contribution in [2.45, 2.75) is 5.41 Å². The SMILES string of the molecule is COC(=O)C1(c2ccccc2Cl)C2C=CC=CC21. The number of hydrogen-bond acceptors (Lipinski definition) is 2. The third-order valence-corrected chi connectivity index (χ3v) is 4.25. The van der Waals surface area contributed by atoms with Crippen molar-refractivity contribution < 1.29 is 9.53 Å². The second kappa shape index (κ2) is 3.99. The van der Waals surface area contributed by atoms with Gasteiger partial charge >= 0.3 is 5.97 Å². The van der Waals surface area contributed by atoms with Gasteiger partial charge in [-0.05, 0) is 11.6 Å². The van der Waals surface area contributed by atoms with Crippen molar-refractivity contribution in [1.82, 2.24) is 0 Å². The van der Waals surface area contributed by atoms with Crippen molar-refractivity contribution in [3.8, 4) is 0 Å². The number of methoxy groups -OCH3 is 1. The molecular formula is C15H13ClO2. The summed E-state index contributed by atoms with van der Waals surface area (Å²) in [6.45, 7) is 0. The highest BCUT2D eigenvalue weighted by atomic mass is 35.5. The number of carbonyl (C=O) groups excluding carboxylic acids is 1. The maximum Gasteiger partial charge on any atom is 0.317 e. The Morgan fingerprint density at radius 1 is 1.22 bits per heavy atom. The zero-order valence-corrected chi connectivity index (χ0v) is 10.7. The van der Waals surface area contributed by atoms with Crippen LogP contribution >= 0.6 is 11.6 Å². The largest absolute Gasteiger partial charge is 0.468 e. The summed E-state index contributed by atoms with van der Waals surface area (Å²) >= 11 is 6.26. The molecule has 0 N–H and O–H groups in total. The van der Waals surface area contributed by atoms with Gasteiger partial charge in [0.05, 0.1) is 7.11 Å². The lowest BCUT2D eigenvalue weighted by molar-refractivity contribution is -0.144. The van der Waals surface area contributed by atoms with Gasteiger partial charge in [0.25, 0.3) is 0 Å². The Bertz CT molecular complexity index is 541. The van der Waals surface area contributed by atoms with Gasteiger partial charge in [-0.2, -0.15) is 0 Å². The predicted molar refractivity (Wildman–Crippen MR) is 70.4 cm³/mol. The number of carbonyl (C=O) groups is 1. The molecule has 2 aliphatic rings. The maximum absolute atomic E-state index is 12.3. The summed E-state index contributed by atoms with van der Waals surface area (Å²) in [4.78, 5) is 12.3. The van der Waals surface area contributed by atoms with Gasteiger partial charge in [0.1, 0.15) is 5.41 Å². The van der Waals surface area contributed by atoms with Crippen LogP contribution in [0.15, 0.2) is 48.6 Å². The molecule has 2 unspecified atom stereocenters. The van der Waals surface area contributed by atoms with E-state index < -0.39 is 5.41 Å². The topological polar surface area (TPSA) is 26.3 Å². The molecule has 18 heavy (non-hydrogen) atoms. The van der Waals surface area contributed by atoms with E-state index in [1.54, 1.807) is 0 Å². The molecule has 3 rings (SSSR count). The fourth-order valence-corrected chi connectivity index (χ4v) is 3.35. The lowest BCUT2D eigenvalue weighted by Crippen LogP contribution is -2.26. The van der Waals surface area contributed by atoms with Gasteiger partial charge in [-0.15, -0.1) is 0 Å². The highest BCUT2D eigenvalue weighted by Crippen LogP contribution is 2.64. The first-order chi connectivity index (χ1) is 8.72. The Balaban J connectivity index is 2.15. The first kappa shape index (κ1) is 11.5. The summed E-state index contributed by atoms with van der Waals surface area (Å²) in [5.74, 6) is 0.117. The normalized spacial score (nSPS) is 31.9. The number of allylic oxidation sites excluding steroid dienone is 4. The molecule has 0 aliphatic heterocycles. The summed E-state index contributed by atoms with van der Waals surface area (Å²) in [7, 11) is 1.43. The number of esters is 1. The van der Waals surface area contributed by atoms with Crippen molar-refractivity contribution in [2.75, 3.05) is 7.11 Å². The molecule has 1 saturated carbocycles. The Morgan fingerprint density at radius 3 is 2.39 bits per heavy atom. The monoisotopic (exact) mass is 260 g/mol. The average Bonchev–Trinajstić information content (AvgIpc) is 3.08. The van der Waals surface area contributed by atoms with E-state index in [1.807, 2.05) is 36.4 Å². The number of benzene rings is 1. The summed E-state index contributed by atoms with van der Waals surface area (Å²) < 4.78 is 5.01. The zero-order chi connectivity index (χ0) is 12.8. The molecule has 1 aromatic carbocycles. The number of halogens is 1. The Hall–Kier alpha value is -1.54. The standard InChI is InChI=1S/C15H13ClO2/c1-18-14(17)15(10-6-2-3-7-11(10)15)12-8-4-5-9-13(12)16/h2-11H,1H3. The van der Waals surface area contributed by atoms with E-state index in [9.17, 15) is 4.79 Å². The Morgan fingerprint density at radius 2 is 1.83 bits per heavy atom. The van der Waals surface area contributed by atoms with Crippen LogP contribution in [0.4, 0.5) is 0 Å². The molecule has 2 aliphatic carbocycles. The van der Waals surface area contributed by atoms with Gasteiger partial charge in [-0.1, -0.05) is 54.1 Å². The van der Waals surface area contributed by atoms with E-state index >= 15 is 0 Å². The minimum absolute atomic E-state index is 0.162. The van der Waals surface area contributed by atoms with Crippen LogP contribution in [-0.2, 0) is 14.9 Å². The quantitative estimate of drug-likeness (QED) is 0.764. The smallest absolute Gasteiger partial charge is 0.317 e. The van der Waals surface area contributed by atoms with E-state index in [1.165, 1.54) is 7.11 Å². The molecule has 2 atom stereocenters. The molecule has 0 amide bonds. The van der Waals surface area contributed by atoms with Crippen LogP contribution in [0.5, 0.6) is 0 Å². The fourth-order valence-electron chi connectivity index (χ4n) is 3.06. The molecule has 1 aromatic rings. The summed E-state index contributed by atoms with van der Waals surface area (Å²) in [6.07, 6.45) is 8.07. The van der Waals surface area contributed by atoms with E-state index in [0.717, 1.165) is 5.56 Å². The second-order valence-corrected chi connectivity index (χ2v) is 5.07. The van der Waals surface area contributed by atoms with Crippen LogP contribution in [0.25, 0.3) is 0 Å². The average molecular weight is 261 g/mol. The van der Waals surface area contributed by atoms with Crippen LogP contribution in [0, 0.1) is 11.8 Å². The number of hydrogen-bond donors (Lipinski definition) is 0. The highest BCUT2D eigenvalue weighted by Gasteiger charge is 2.70. The molecule has 0 aromatic heterocycles. The number of fused-ring (bicyclic) bond motifs is 1. The first-order valence-electron chi connectivity index (χ1n) is 5.91. The van der Waals surface area contributed by atoms with Crippen molar-refractivity contribution in [2.24, 2.45) is 11.8 Å². The molecule has 0 saturated heterocycles. The first-order valence-corrected chi connectivity index (χ1v) is 6.29. The molecule has 0 radical (unpaired) electrons. The molecule has 2 nitrogen and oxygen atoms in total. The van der Waals surface area contributed by atoms with Crippen LogP contribution in [-0.4, -0.2) is 13.1 Å². The van der Waals surface area contributed by atoms with Crippen molar-refractivity contribution in [1.29, 1.82) is 0 Å². The number of ether oxygens (including phenoxy) is 1. The minimum atomic E-state index is -0.628. The minimum Gasteiger partial charge on any atom is -0.468 e. The number of rotatable bonds is 2. The van der Waals surface area contributed by atoms with Crippen molar-refractivity contribution in [3.05, 3.63) is 59.2 Å². The molecule has 0 heterocycles. The third-order valence-electron chi connectivity index (χ3n) is 3.92. The molecule has 1 fully saturated rings. The molecule has 3 heteroatoms. The van der Waals surface area contributed by atoms with Crippen LogP contribution in [0.2, 0.25) is 5.02 Å². The predicted octanol–water partition coefficient (Wildman–Crippen LogP) is 3.12. The van der Waals surface area contributed by atoms with Gasteiger partial charge in [0, 0.05) is 16.9 Å². The van der Waals surface area contributed by atoms with Gasteiger partial charge in [-0.25, -0.2) is 0 Å². The van der Waals surface area contributed by atoms with Crippen LogP contribution < -0.4 is 0 Å². The van der Waals surface area contributed by atoms with Crippen LogP contribution in [0.3, 0.4) is 0 Å². The zero-order valence-electron chi connectivity index (χ0n) is 9.97. The molecule has 0 spiro atoms. The lowest BCUT2D eigenvalue weighted by atomic mass is 9.91. The van der Waals surface area contributed by atoms with Gasteiger partial charge in [0.2, 0.25) is 0 Å². The molecule has 0 bridgehead atoms. The summed E-state index contributed by atoms with van der Waals surface area (Å²) in [5, 5.41) is 0.624. The Labute approximate surface area is 111 Å². The third kappa shape index (κ3) is 1.33. The highest BCUT2D eigenvalue weighted by molar-refractivity contribution is 6.32. The van der Waals surface area contributed by atoms with Gasteiger partial charge in [0.15, 0.2) is 0 Å². The van der Waals surface area contributed by atoms with E-state index in [0.29, 0.717) is 5.02 Å².